The SMILES string of the molecule is N=c1ncn(CCC2CCNCC2)c2nc[nH]c12. The predicted octanol–water partition coefficient (Wildman–Crippen LogP) is 0.629. The molecule has 0 unspecified atom stereocenters. The van der Waals surface area contributed by atoms with Gasteiger partial charge in [0.1, 0.15) is 5.52 Å². The number of nitrogens with zero attached hydrogens (tertiary/aromatic N) is 3. The van der Waals surface area contributed by atoms with Crippen LogP contribution < -0.4 is 10.8 Å². The number of rotatable bonds is 3. The normalized spacial score (nSPS) is 17.3. The summed E-state index contributed by atoms with van der Waals surface area (Å²) >= 11 is 0. The van der Waals surface area contributed by atoms with Crippen molar-refractivity contribution in [2.24, 2.45) is 5.92 Å². The van der Waals surface area contributed by atoms with Gasteiger partial charge in [0.05, 0.1) is 12.7 Å². The first-order valence-corrected chi connectivity index (χ1v) is 6.48. The van der Waals surface area contributed by atoms with E-state index in [9.17, 15) is 0 Å². The molecule has 0 atom stereocenters. The van der Waals surface area contributed by atoms with Crippen molar-refractivity contribution in [3.8, 4) is 0 Å². The number of nitrogens with one attached hydrogen (secondary N) is 3. The van der Waals surface area contributed by atoms with Gasteiger partial charge >= 0.3 is 0 Å². The van der Waals surface area contributed by atoms with Gasteiger partial charge in [-0.25, -0.2) is 9.97 Å². The van der Waals surface area contributed by atoms with E-state index in [1.54, 1.807) is 12.7 Å². The molecule has 0 bridgehead atoms. The highest BCUT2D eigenvalue weighted by Crippen LogP contribution is 2.17. The molecule has 0 aromatic carbocycles. The summed E-state index contributed by atoms with van der Waals surface area (Å²) in [6.07, 6.45) is 7.04. The number of H-pyrrole nitrogens is 1. The zero-order valence-electron chi connectivity index (χ0n) is 10.3. The first-order chi connectivity index (χ1) is 8.84. The molecule has 3 rings (SSSR count). The van der Waals surface area contributed by atoms with Crippen molar-refractivity contribution in [3.63, 3.8) is 0 Å². The van der Waals surface area contributed by atoms with Crippen LogP contribution in [0.5, 0.6) is 0 Å². The zero-order chi connectivity index (χ0) is 12.4. The fraction of sp³-hybridized carbons (Fsp3) is 0.583. The molecule has 0 spiro atoms. The number of fused-ring (bicyclic) bond motifs is 1. The van der Waals surface area contributed by atoms with E-state index in [-0.39, 0.29) is 5.49 Å². The molecule has 1 fully saturated rings. The van der Waals surface area contributed by atoms with Crippen LogP contribution in [0.2, 0.25) is 0 Å². The molecular formula is C12H18N6. The van der Waals surface area contributed by atoms with Gasteiger partial charge in [0.2, 0.25) is 0 Å². The van der Waals surface area contributed by atoms with Crippen LogP contribution in [0.1, 0.15) is 19.3 Å². The van der Waals surface area contributed by atoms with E-state index >= 15 is 0 Å². The average Bonchev–Trinajstić information content (AvgIpc) is 2.90. The molecule has 2 aromatic rings. The smallest absolute Gasteiger partial charge is 0.173 e. The van der Waals surface area contributed by atoms with Crippen LogP contribution in [-0.2, 0) is 6.54 Å². The Morgan fingerprint density at radius 2 is 2.17 bits per heavy atom. The first-order valence-electron chi connectivity index (χ1n) is 6.48. The lowest BCUT2D eigenvalue weighted by Gasteiger charge is -2.22. The van der Waals surface area contributed by atoms with Gasteiger partial charge in [-0.1, -0.05) is 0 Å². The molecule has 1 aliphatic heterocycles. The maximum atomic E-state index is 7.70. The van der Waals surface area contributed by atoms with Gasteiger partial charge in [0.15, 0.2) is 11.1 Å². The Bertz CT molecular complexity index is 578. The van der Waals surface area contributed by atoms with Crippen LogP contribution in [0, 0.1) is 11.3 Å². The molecule has 6 heteroatoms. The number of imidazole rings is 1. The van der Waals surface area contributed by atoms with Gasteiger partial charge < -0.3 is 14.9 Å². The van der Waals surface area contributed by atoms with Crippen molar-refractivity contribution in [2.75, 3.05) is 13.1 Å². The topological polar surface area (TPSA) is 82.4 Å². The van der Waals surface area contributed by atoms with Gasteiger partial charge in [0.25, 0.3) is 0 Å². The second kappa shape index (κ2) is 4.89. The molecule has 18 heavy (non-hydrogen) atoms. The number of piperidine rings is 1. The largest absolute Gasteiger partial charge is 0.340 e. The third-order valence-electron chi connectivity index (χ3n) is 3.69. The third-order valence-corrected chi connectivity index (χ3v) is 3.69. The average molecular weight is 246 g/mol. The van der Waals surface area contributed by atoms with Crippen molar-refractivity contribution in [1.82, 2.24) is 24.8 Å². The molecule has 1 aliphatic rings. The predicted molar refractivity (Wildman–Crippen MR) is 67.9 cm³/mol. The molecule has 0 aliphatic carbocycles. The second-order valence-corrected chi connectivity index (χ2v) is 4.87. The summed E-state index contributed by atoms with van der Waals surface area (Å²) in [5, 5.41) is 11.1. The van der Waals surface area contributed by atoms with Crippen LogP contribution >= 0.6 is 0 Å². The molecule has 3 heterocycles. The lowest BCUT2D eigenvalue weighted by atomic mass is 9.95. The highest BCUT2D eigenvalue weighted by Gasteiger charge is 2.13. The van der Waals surface area contributed by atoms with Crippen LogP contribution in [0.4, 0.5) is 0 Å². The molecule has 1 saturated heterocycles. The number of aromatic amines is 1. The maximum absolute atomic E-state index is 7.70. The Morgan fingerprint density at radius 3 is 3.00 bits per heavy atom. The van der Waals surface area contributed by atoms with Gasteiger partial charge in [-0.15, -0.1) is 0 Å². The summed E-state index contributed by atoms with van der Waals surface area (Å²) in [4.78, 5) is 11.3. The van der Waals surface area contributed by atoms with E-state index in [1.165, 1.54) is 12.8 Å². The zero-order valence-corrected chi connectivity index (χ0v) is 10.3. The molecule has 0 saturated carbocycles. The van der Waals surface area contributed by atoms with E-state index in [0.717, 1.165) is 43.1 Å². The minimum atomic E-state index is 0.264. The summed E-state index contributed by atoms with van der Waals surface area (Å²) in [5.41, 5.74) is 1.83. The monoisotopic (exact) mass is 246 g/mol. The fourth-order valence-electron chi connectivity index (χ4n) is 2.58. The summed E-state index contributed by atoms with van der Waals surface area (Å²) in [6.45, 7) is 3.20. The third kappa shape index (κ3) is 2.15. The Kier molecular flexibility index (Phi) is 3.10. The Morgan fingerprint density at radius 1 is 1.33 bits per heavy atom. The van der Waals surface area contributed by atoms with E-state index in [0.29, 0.717) is 0 Å². The Hall–Kier alpha value is -1.69. The van der Waals surface area contributed by atoms with Crippen LogP contribution in [-0.4, -0.2) is 32.6 Å². The lowest BCUT2D eigenvalue weighted by molar-refractivity contribution is 0.338. The van der Waals surface area contributed by atoms with E-state index in [2.05, 4.69) is 20.3 Å². The van der Waals surface area contributed by atoms with Crippen LogP contribution in [0.15, 0.2) is 12.7 Å². The summed E-state index contributed by atoms with van der Waals surface area (Å²) < 4.78 is 2.05. The molecule has 0 radical (unpaired) electrons. The molecular weight excluding hydrogens is 228 g/mol. The number of aryl methyl sites for hydroxylation is 1. The molecule has 96 valence electrons. The van der Waals surface area contributed by atoms with Gasteiger partial charge in [-0.2, -0.15) is 0 Å². The highest BCUT2D eigenvalue weighted by molar-refractivity contribution is 5.68. The molecule has 3 N–H and O–H groups in total. The standard InChI is InChI=1S/C12H18N6/c13-11-10-12(16-7-15-10)18(8-17-11)6-3-9-1-4-14-5-2-9/h7-9,13-14H,1-6H2,(H,15,16). The van der Waals surface area contributed by atoms with Crippen molar-refractivity contribution in [1.29, 1.82) is 5.41 Å². The molecule has 6 nitrogen and oxygen atoms in total. The quantitative estimate of drug-likeness (QED) is 0.743. The van der Waals surface area contributed by atoms with Crippen molar-refractivity contribution >= 4 is 11.2 Å². The minimum absolute atomic E-state index is 0.264. The van der Waals surface area contributed by atoms with Gasteiger partial charge in [-0.05, 0) is 38.3 Å². The second-order valence-electron chi connectivity index (χ2n) is 4.87. The summed E-state index contributed by atoms with van der Waals surface area (Å²) in [6, 6.07) is 0. The Labute approximate surface area is 105 Å². The number of hydrogen-bond acceptors (Lipinski definition) is 4. The van der Waals surface area contributed by atoms with Crippen molar-refractivity contribution < 1.29 is 0 Å². The van der Waals surface area contributed by atoms with Gasteiger partial charge in [0, 0.05) is 6.54 Å². The highest BCUT2D eigenvalue weighted by atomic mass is 15.1. The number of hydrogen-bond donors (Lipinski definition) is 3. The van der Waals surface area contributed by atoms with Crippen LogP contribution in [0.3, 0.4) is 0 Å². The van der Waals surface area contributed by atoms with Gasteiger partial charge in [-0.3, -0.25) is 5.41 Å². The van der Waals surface area contributed by atoms with E-state index in [4.69, 9.17) is 5.41 Å². The molecule has 2 aromatic heterocycles. The summed E-state index contributed by atoms with van der Waals surface area (Å²) in [5.74, 6) is 0.795. The Balaban J connectivity index is 1.76. The van der Waals surface area contributed by atoms with Crippen LogP contribution in [0.25, 0.3) is 11.2 Å². The van der Waals surface area contributed by atoms with E-state index < -0.39 is 0 Å². The number of aromatic nitrogens is 4. The van der Waals surface area contributed by atoms with Crippen molar-refractivity contribution in [3.05, 3.63) is 18.1 Å². The van der Waals surface area contributed by atoms with Crippen molar-refractivity contribution in [2.45, 2.75) is 25.8 Å². The minimum Gasteiger partial charge on any atom is -0.340 e. The van der Waals surface area contributed by atoms with E-state index in [1.807, 2.05) is 4.57 Å². The molecule has 0 amide bonds. The maximum Gasteiger partial charge on any atom is 0.173 e. The lowest BCUT2D eigenvalue weighted by Crippen LogP contribution is -2.28. The summed E-state index contributed by atoms with van der Waals surface area (Å²) in [7, 11) is 0. The first kappa shape index (κ1) is 11.4. The fourth-order valence-corrected chi connectivity index (χ4v) is 2.58.